The summed E-state index contributed by atoms with van der Waals surface area (Å²) in [7, 11) is 0. The molecule has 1 amide bonds. The number of nitrogens with zero attached hydrogens (tertiary/aromatic N) is 1. The van der Waals surface area contributed by atoms with Crippen LogP contribution in [0.15, 0.2) is 18.2 Å². The maximum atomic E-state index is 13.4. The Hall–Kier alpha value is -1.49. The van der Waals surface area contributed by atoms with E-state index in [1.54, 1.807) is 0 Å². The van der Waals surface area contributed by atoms with Crippen LogP contribution in [0.1, 0.15) is 16.8 Å². The largest absolute Gasteiger partial charge is 0.338 e. The highest BCUT2D eigenvalue weighted by Gasteiger charge is 2.27. The summed E-state index contributed by atoms with van der Waals surface area (Å²) in [6, 6.07) is 2.91. The number of halogens is 2. The molecule has 17 heavy (non-hydrogen) atoms. The van der Waals surface area contributed by atoms with Gasteiger partial charge in [-0.25, -0.2) is 8.78 Å². The topological polar surface area (TPSA) is 46.3 Å². The van der Waals surface area contributed by atoms with Gasteiger partial charge < -0.3 is 10.6 Å². The lowest BCUT2D eigenvalue weighted by molar-refractivity contribution is 0.0782. The molecule has 1 aromatic rings. The van der Waals surface area contributed by atoms with E-state index in [1.807, 2.05) is 0 Å². The van der Waals surface area contributed by atoms with Crippen LogP contribution in [-0.4, -0.2) is 30.4 Å². The Kier molecular flexibility index (Phi) is 3.38. The van der Waals surface area contributed by atoms with Gasteiger partial charge in [-0.1, -0.05) is 0 Å². The molecular formula is C12H14F2N2O. The van der Waals surface area contributed by atoms with E-state index in [2.05, 4.69) is 0 Å². The SMILES string of the molecule is NCC1CCN(C(=O)c2cc(F)ccc2F)C1. The molecule has 0 aromatic heterocycles. The van der Waals surface area contributed by atoms with Crippen molar-refractivity contribution in [2.24, 2.45) is 11.7 Å². The summed E-state index contributed by atoms with van der Waals surface area (Å²) in [6.07, 6.45) is 0.819. The number of nitrogens with two attached hydrogens (primary N) is 1. The highest BCUT2D eigenvalue weighted by atomic mass is 19.1. The molecule has 1 unspecified atom stereocenters. The fourth-order valence-electron chi connectivity index (χ4n) is 2.04. The van der Waals surface area contributed by atoms with Gasteiger partial charge in [0.1, 0.15) is 11.6 Å². The molecule has 0 radical (unpaired) electrons. The van der Waals surface area contributed by atoms with E-state index in [4.69, 9.17) is 5.73 Å². The van der Waals surface area contributed by atoms with E-state index in [0.29, 0.717) is 19.6 Å². The first kappa shape index (κ1) is 12.0. The first-order valence-electron chi connectivity index (χ1n) is 5.56. The zero-order valence-electron chi connectivity index (χ0n) is 9.33. The minimum atomic E-state index is -0.687. The molecular weight excluding hydrogens is 226 g/mol. The quantitative estimate of drug-likeness (QED) is 0.849. The van der Waals surface area contributed by atoms with Crippen LogP contribution in [0.25, 0.3) is 0 Å². The summed E-state index contributed by atoms with van der Waals surface area (Å²) in [5.41, 5.74) is 5.31. The minimum absolute atomic E-state index is 0.206. The molecule has 5 heteroatoms. The van der Waals surface area contributed by atoms with Gasteiger partial charge in [-0.2, -0.15) is 0 Å². The van der Waals surface area contributed by atoms with Gasteiger partial charge in [0.25, 0.3) is 5.91 Å². The van der Waals surface area contributed by atoms with Gasteiger partial charge in [0.15, 0.2) is 0 Å². The molecule has 0 spiro atoms. The van der Waals surface area contributed by atoms with Crippen molar-refractivity contribution in [3.05, 3.63) is 35.4 Å². The van der Waals surface area contributed by atoms with Crippen molar-refractivity contribution in [3.63, 3.8) is 0 Å². The molecule has 1 atom stereocenters. The molecule has 1 heterocycles. The second-order valence-corrected chi connectivity index (χ2v) is 4.27. The van der Waals surface area contributed by atoms with Crippen molar-refractivity contribution in [2.75, 3.05) is 19.6 Å². The van der Waals surface area contributed by atoms with Gasteiger partial charge in [-0.15, -0.1) is 0 Å². The average Bonchev–Trinajstić information content (AvgIpc) is 2.80. The lowest BCUT2D eigenvalue weighted by Crippen LogP contribution is -2.30. The zero-order valence-corrected chi connectivity index (χ0v) is 9.33. The van der Waals surface area contributed by atoms with E-state index in [9.17, 15) is 13.6 Å². The molecule has 2 rings (SSSR count). The predicted octanol–water partition coefficient (Wildman–Crippen LogP) is 1.39. The monoisotopic (exact) mass is 240 g/mol. The molecule has 0 saturated carbocycles. The fourth-order valence-corrected chi connectivity index (χ4v) is 2.04. The standard InChI is InChI=1S/C12H14F2N2O/c13-9-1-2-11(14)10(5-9)12(17)16-4-3-8(6-15)7-16/h1-2,5,8H,3-4,6-7,15H2. The van der Waals surface area contributed by atoms with Crippen LogP contribution in [-0.2, 0) is 0 Å². The first-order valence-corrected chi connectivity index (χ1v) is 5.56. The van der Waals surface area contributed by atoms with Gasteiger partial charge in [0.2, 0.25) is 0 Å². The summed E-state index contributed by atoms with van der Waals surface area (Å²) in [5.74, 6) is -1.49. The Labute approximate surface area is 98.2 Å². The summed E-state index contributed by atoms with van der Waals surface area (Å²) in [4.78, 5) is 13.5. The predicted molar refractivity (Wildman–Crippen MR) is 59.4 cm³/mol. The van der Waals surface area contributed by atoms with Crippen LogP contribution < -0.4 is 5.73 Å². The first-order chi connectivity index (χ1) is 8.11. The van der Waals surface area contributed by atoms with Gasteiger partial charge >= 0.3 is 0 Å². The van der Waals surface area contributed by atoms with Crippen molar-refractivity contribution < 1.29 is 13.6 Å². The van der Waals surface area contributed by atoms with E-state index in [-0.39, 0.29) is 11.5 Å². The maximum Gasteiger partial charge on any atom is 0.256 e. The number of amides is 1. The number of carbonyl (C=O) groups excluding carboxylic acids is 1. The number of rotatable bonds is 2. The normalized spacial score (nSPS) is 19.7. The van der Waals surface area contributed by atoms with Crippen LogP contribution >= 0.6 is 0 Å². The third-order valence-electron chi connectivity index (χ3n) is 3.07. The average molecular weight is 240 g/mol. The fraction of sp³-hybridized carbons (Fsp3) is 0.417. The van der Waals surface area contributed by atoms with Crippen LogP contribution in [0.5, 0.6) is 0 Å². The number of carbonyl (C=O) groups is 1. The lowest BCUT2D eigenvalue weighted by Gasteiger charge is -2.16. The lowest BCUT2D eigenvalue weighted by atomic mass is 10.1. The molecule has 1 aromatic carbocycles. The Balaban J connectivity index is 2.17. The Morgan fingerprint density at radius 3 is 2.88 bits per heavy atom. The van der Waals surface area contributed by atoms with Crippen LogP contribution in [0.3, 0.4) is 0 Å². The maximum absolute atomic E-state index is 13.4. The van der Waals surface area contributed by atoms with Gasteiger partial charge in [0, 0.05) is 13.1 Å². The summed E-state index contributed by atoms with van der Waals surface area (Å²) in [6.45, 7) is 1.58. The van der Waals surface area contributed by atoms with Crippen molar-refractivity contribution in [2.45, 2.75) is 6.42 Å². The van der Waals surface area contributed by atoms with Crippen LogP contribution in [0.2, 0.25) is 0 Å². The van der Waals surface area contributed by atoms with Gasteiger partial charge in [-0.05, 0) is 37.1 Å². The number of hydrogen-bond donors (Lipinski definition) is 1. The van der Waals surface area contributed by atoms with Crippen LogP contribution in [0.4, 0.5) is 8.78 Å². The third-order valence-corrected chi connectivity index (χ3v) is 3.07. The third kappa shape index (κ3) is 2.44. The summed E-state index contributed by atoms with van der Waals surface area (Å²) < 4.78 is 26.4. The smallest absolute Gasteiger partial charge is 0.256 e. The molecule has 2 N–H and O–H groups in total. The minimum Gasteiger partial charge on any atom is -0.338 e. The second-order valence-electron chi connectivity index (χ2n) is 4.27. The van der Waals surface area contributed by atoms with E-state index < -0.39 is 17.5 Å². The second kappa shape index (κ2) is 4.79. The Bertz CT molecular complexity index is 437. The summed E-state index contributed by atoms with van der Waals surface area (Å²) >= 11 is 0. The molecule has 1 aliphatic rings. The van der Waals surface area contributed by atoms with E-state index in [1.165, 1.54) is 4.90 Å². The molecule has 1 aliphatic heterocycles. The molecule has 3 nitrogen and oxygen atoms in total. The van der Waals surface area contributed by atoms with E-state index >= 15 is 0 Å². The van der Waals surface area contributed by atoms with E-state index in [0.717, 1.165) is 24.6 Å². The van der Waals surface area contributed by atoms with Crippen molar-refractivity contribution in [1.29, 1.82) is 0 Å². The van der Waals surface area contributed by atoms with Crippen LogP contribution in [0, 0.1) is 17.6 Å². The summed E-state index contributed by atoms with van der Waals surface area (Å²) in [5, 5.41) is 0. The highest BCUT2D eigenvalue weighted by molar-refractivity contribution is 5.94. The zero-order chi connectivity index (χ0) is 12.4. The highest BCUT2D eigenvalue weighted by Crippen LogP contribution is 2.19. The van der Waals surface area contributed by atoms with Gasteiger partial charge in [0.05, 0.1) is 5.56 Å². The van der Waals surface area contributed by atoms with Gasteiger partial charge in [-0.3, -0.25) is 4.79 Å². The van der Waals surface area contributed by atoms with Crippen molar-refractivity contribution in [1.82, 2.24) is 4.90 Å². The number of hydrogen-bond acceptors (Lipinski definition) is 2. The number of likely N-dealkylation sites (tertiary alicyclic amines) is 1. The van der Waals surface area contributed by atoms with Crippen molar-refractivity contribution in [3.8, 4) is 0 Å². The molecule has 1 saturated heterocycles. The van der Waals surface area contributed by atoms with Crippen molar-refractivity contribution >= 4 is 5.91 Å². The molecule has 92 valence electrons. The number of benzene rings is 1. The Morgan fingerprint density at radius 2 is 2.24 bits per heavy atom. The molecule has 0 bridgehead atoms. The molecule has 1 fully saturated rings. The molecule has 0 aliphatic carbocycles. The Morgan fingerprint density at radius 1 is 1.47 bits per heavy atom.